The SMILES string of the molecule is CN(C)C(=O)N1CCC(C(=O)NCC[C@H](c2ccccc2)c2ccco2)CC1. The predicted molar refractivity (Wildman–Crippen MR) is 108 cm³/mol. The third kappa shape index (κ3) is 4.94. The summed E-state index contributed by atoms with van der Waals surface area (Å²) >= 11 is 0. The molecule has 3 amide bonds. The van der Waals surface area contributed by atoms with Gasteiger partial charge < -0.3 is 19.5 Å². The summed E-state index contributed by atoms with van der Waals surface area (Å²) in [4.78, 5) is 28.0. The fourth-order valence-electron chi connectivity index (χ4n) is 3.75. The molecule has 0 aliphatic carbocycles. The first-order chi connectivity index (χ1) is 13.6. The highest BCUT2D eigenvalue weighted by atomic mass is 16.3. The van der Waals surface area contributed by atoms with Crippen LogP contribution in [0.5, 0.6) is 0 Å². The zero-order chi connectivity index (χ0) is 19.9. The lowest BCUT2D eigenvalue weighted by atomic mass is 9.92. The molecule has 6 heteroatoms. The van der Waals surface area contributed by atoms with Gasteiger partial charge in [-0.05, 0) is 37.0 Å². The Morgan fingerprint density at radius 1 is 1.14 bits per heavy atom. The number of piperidine rings is 1. The molecule has 1 aromatic carbocycles. The third-order valence-corrected chi connectivity index (χ3v) is 5.34. The van der Waals surface area contributed by atoms with Crippen molar-refractivity contribution >= 4 is 11.9 Å². The van der Waals surface area contributed by atoms with Crippen LogP contribution in [0.25, 0.3) is 0 Å². The van der Waals surface area contributed by atoms with Gasteiger partial charge in [-0.1, -0.05) is 30.3 Å². The number of rotatable bonds is 6. The molecule has 1 aromatic heterocycles. The zero-order valence-electron chi connectivity index (χ0n) is 16.6. The molecule has 6 nitrogen and oxygen atoms in total. The van der Waals surface area contributed by atoms with Crippen molar-refractivity contribution < 1.29 is 14.0 Å². The van der Waals surface area contributed by atoms with E-state index < -0.39 is 0 Å². The van der Waals surface area contributed by atoms with E-state index in [0.717, 1.165) is 12.2 Å². The van der Waals surface area contributed by atoms with E-state index in [4.69, 9.17) is 4.42 Å². The van der Waals surface area contributed by atoms with Crippen molar-refractivity contribution in [2.45, 2.75) is 25.2 Å². The molecule has 1 fully saturated rings. The van der Waals surface area contributed by atoms with Crippen molar-refractivity contribution in [3.05, 3.63) is 60.1 Å². The second kappa shape index (κ2) is 9.44. The van der Waals surface area contributed by atoms with E-state index in [1.54, 1.807) is 25.3 Å². The maximum Gasteiger partial charge on any atom is 0.319 e. The smallest absolute Gasteiger partial charge is 0.319 e. The van der Waals surface area contributed by atoms with Crippen LogP contribution in [0.1, 0.15) is 36.5 Å². The van der Waals surface area contributed by atoms with Gasteiger partial charge in [-0.15, -0.1) is 0 Å². The van der Waals surface area contributed by atoms with Crippen LogP contribution in [-0.4, -0.2) is 55.5 Å². The first-order valence-electron chi connectivity index (χ1n) is 9.88. The average Bonchev–Trinajstić information content (AvgIpc) is 3.25. The predicted octanol–water partition coefficient (Wildman–Crippen LogP) is 3.31. The second-order valence-electron chi connectivity index (χ2n) is 7.50. The molecular weight excluding hydrogens is 354 g/mol. The lowest BCUT2D eigenvalue weighted by molar-refractivity contribution is -0.126. The molecule has 1 aliphatic heterocycles. The van der Waals surface area contributed by atoms with Gasteiger partial charge in [0, 0.05) is 45.6 Å². The molecule has 0 unspecified atom stereocenters. The van der Waals surface area contributed by atoms with Crippen LogP contribution in [0.4, 0.5) is 4.79 Å². The Morgan fingerprint density at radius 2 is 1.86 bits per heavy atom. The molecule has 1 saturated heterocycles. The Morgan fingerprint density at radius 3 is 2.46 bits per heavy atom. The Hall–Kier alpha value is -2.76. The lowest BCUT2D eigenvalue weighted by Crippen LogP contribution is -2.46. The van der Waals surface area contributed by atoms with Crippen molar-refractivity contribution in [2.24, 2.45) is 5.92 Å². The number of urea groups is 1. The summed E-state index contributed by atoms with van der Waals surface area (Å²) in [6, 6.07) is 14.1. The standard InChI is InChI=1S/C22H29N3O3/c1-24(2)22(27)25-14-11-18(12-15-25)21(26)23-13-10-19(20-9-6-16-28-20)17-7-4-3-5-8-17/h3-9,16,18-19H,10-15H2,1-2H3,(H,23,26)/t19-/m1/s1. The number of furan rings is 1. The highest BCUT2D eigenvalue weighted by molar-refractivity contribution is 5.79. The molecule has 150 valence electrons. The Labute approximate surface area is 166 Å². The maximum atomic E-state index is 12.6. The van der Waals surface area contributed by atoms with Crippen molar-refractivity contribution in [3.63, 3.8) is 0 Å². The molecule has 0 spiro atoms. The van der Waals surface area contributed by atoms with Gasteiger partial charge in [0.25, 0.3) is 0 Å². The summed E-state index contributed by atoms with van der Waals surface area (Å²) in [6.07, 6.45) is 3.89. The number of nitrogens with zero attached hydrogens (tertiary/aromatic N) is 2. The minimum Gasteiger partial charge on any atom is -0.469 e. The molecule has 1 N–H and O–H groups in total. The van der Waals surface area contributed by atoms with E-state index in [0.29, 0.717) is 32.5 Å². The minimum atomic E-state index is -0.0231. The summed E-state index contributed by atoms with van der Waals surface area (Å²) in [5, 5.41) is 3.09. The van der Waals surface area contributed by atoms with Crippen LogP contribution in [0.2, 0.25) is 0 Å². The Kier molecular flexibility index (Phi) is 6.74. The van der Waals surface area contributed by atoms with Crippen LogP contribution in [0, 0.1) is 5.92 Å². The molecule has 2 heterocycles. The van der Waals surface area contributed by atoms with Gasteiger partial charge in [0.1, 0.15) is 5.76 Å². The molecule has 0 radical (unpaired) electrons. The Balaban J connectivity index is 1.50. The van der Waals surface area contributed by atoms with Crippen LogP contribution in [0.3, 0.4) is 0 Å². The largest absolute Gasteiger partial charge is 0.469 e. The zero-order valence-corrected chi connectivity index (χ0v) is 16.6. The summed E-state index contributed by atoms with van der Waals surface area (Å²) in [5.41, 5.74) is 1.18. The summed E-state index contributed by atoms with van der Waals surface area (Å²) < 4.78 is 5.62. The second-order valence-corrected chi connectivity index (χ2v) is 7.50. The molecule has 1 aliphatic rings. The van der Waals surface area contributed by atoms with Gasteiger partial charge in [-0.3, -0.25) is 4.79 Å². The maximum absolute atomic E-state index is 12.6. The highest BCUT2D eigenvalue weighted by Gasteiger charge is 2.28. The number of benzene rings is 1. The van der Waals surface area contributed by atoms with E-state index >= 15 is 0 Å². The molecule has 0 bridgehead atoms. The van der Waals surface area contributed by atoms with Crippen LogP contribution >= 0.6 is 0 Å². The first kappa shape index (κ1) is 20.0. The summed E-state index contributed by atoms with van der Waals surface area (Å²) in [5.74, 6) is 1.10. The van der Waals surface area contributed by atoms with Crippen molar-refractivity contribution in [1.82, 2.24) is 15.1 Å². The van der Waals surface area contributed by atoms with Gasteiger partial charge in [-0.25, -0.2) is 4.79 Å². The monoisotopic (exact) mass is 383 g/mol. The van der Waals surface area contributed by atoms with Gasteiger partial charge in [0.15, 0.2) is 0 Å². The van der Waals surface area contributed by atoms with Crippen molar-refractivity contribution in [2.75, 3.05) is 33.7 Å². The number of likely N-dealkylation sites (tertiary alicyclic amines) is 1. The van der Waals surface area contributed by atoms with Crippen molar-refractivity contribution in [3.8, 4) is 0 Å². The molecule has 3 rings (SSSR count). The summed E-state index contributed by atoms with van der Waals surface area (Å²) in [7, 11) is 3.51. The average molecular weight is 383 g/mol. The summed E-state index contributed by atoms with van der Waals surface area (Å²) in [6.45, 7) is 1.86. The van der Waals surface area contributed by atoms with Gasteiger partial charge in [0.05, 0.1) is 6.26 Å². The van der Waals surface area contributed by atoms with Crippen LogP contribution in [0.15, 0.2) is 53.1 Å². The van der Waals surface area contributed by atoms with E-state index in [-0.39, 0.29) is 23.8 Å². The number of hydrogen-bond acceptors (Lipinski definition) is 3. The topological polar surface area (TPSA) is 65.8 Å². The Bertz CT molecular complexity index is 751. The fraction of sp³-hybridized carbons (Fsp3) is 0.455. The molecule has 1 atom stereocenters. The van der Waals surface area contributed by atoms with Gasteiger partial charge in [0.2, 0.25) is 5.91 Å². The molecule has 28 heavy (non-hydrogen) atoms. The van der Waals surface area contributed by atoms with E-state index in [1.807, 2.05) is 35.2 Å². The lowest BCUT2D eigenvalue weighted by Gasteiger charge is -2.33. The quantitative estimate of drug-likeness (QED) is 0.832. The number of carbonyl (C=O) groups excluding carboxylic acids is 2. The van der Waals surface area contributed by atoms with E-state index in [9.17, 15) is 9.59 Å². The third-order valence-electron chi connectivity index (χ3n) is 5.34. The van der Waals surface area contributed by atoms with Gasteiger partial charge >= 0.3 is 6.03 Å². The van der Waals surface area contributed by atoms with Crippen LogP contribution < -0.4 is 5.32 Å². The van der Waals surface area contributed by atoms with E-state index in [1.165, 1.54) is 5.56 Å². The number of nitrogens with one attached hydrogen (secondary N) is 1. The molecule has 0 saturated carbocycles. The fourth-order valence-corrected chi connectivity index (χ4v) is 3.75. The number of carbonyl (C=O) groups is 2. The highest BCUT2D eigenvalue weighted by Crippen LogP contribution is 2.28. The van der Waals surface area contributed by atoms with E-state index in [2.05, 4.69) is 17.4 Å². The minimum absolute atomic E-state index is 0.0167. The van der Waals surface area contributed by atoms with Crippen molar-refractivity contribution in [1.29, 1.82) is 0 Å². The number of amides is 3. The molecular formula is C22H29N3O3. The molecule has 2 aromatic rings. The van der Waals surface area contributed by atoms with Crippen LogP contribution in [-0.2, 0) is 4.79 Å². The number of hydrogen-bond donors (Lipinski definition) is 1. The normalized spacial score (nSPS) is 15.9. The van der Waals surface area contributed by atoms with Gasteiger partial charge in [-0.2, -0.15) is 0 Å². The first-order valence-corrected chi connectivity index (χ1v) is 9.88.